The molecule has 0 aliphatic heterocycles. The lowest BCUT2D eigenvalue weighted by atomic mass is 10.0. The lowest BCUT2D eigenvalue weighted by Crippen LogP contribution is -2.42. The number of halogens is 1. The third-order valence-electron chi connectivity index (χ3n) is 5.67. The Hall–Kier alpha value is -4.49. The molecule has 0 saturated carbocycles. The van der Waals surface area contributed by atoms with Crippen LogP contribution in [0.3, 0.4) is 0 Å². The average molecular weight is 503 g/mol. The number of carbonyl (C=O) groups excluding carboxylic acids is 1. The Morgan fingerprint density at radius 3 is 2.78 bits per heavy atom. The zero-order chi connectivity index (χ0) is 26.6. The fraction of sp³-hybridized carbons (Fsp3) is 0.259. The number of nitrogens with one attached hydrogen (secondary N) is 2. The maximum absolute atomic E-state index is 14.3. The van der Waals surface area contributed by atoms with Gasteiger partial charge < -0.3 is 20.5 Å². The summed E-state index contributed by atoms with van der Waals surface area (Å²) in [6, 6.07) is 16.4. The van der Waals surface area contributed by atoms with E-state index in [2.05, 4.69) is 26.8 Å². The second-order valence-corrected chi connectivity index (χ2v) is 8.94. The number of hydrogen-bond acceptors (Lipinski definition) is 7. The Morgan fingerprint density at radius 1 is 1.24 bits per heavy atom. The summed E-state index contributed by atoms with van der Waals surface area (Å²) in [6.07, 6.45) is 1.21. The van der Waals surface area contributed by atoms with Crippen LogP contribution in [-0.4, -0.2) is 50.5 Å². The lowest BCUT2D eigenvalue weighted by Gasteiger charge is -2.22. The van der Waals surface area contributed by atoms with Gasteiger partial charge in [-0.2, -0.15) is 10.4 Å². The van der Waals surface area contributed by atoms with Gasteiger partial charge in [-0.3, -0.25) is 9.78 Å². The van der Waals surface area contributed by atoms with E-state index in [-0.39, 0.29) is 12.1 Å². The van der Waals surface area contributed by atoms with Gasteiger partial charge in [-0.25, -0.2) is 8.91 Å². The normalized spacial score (nSPS) is 12.1. The molecule has 1 aromatic carbocycles. The number of amides is 1. The number of ether oxygens (including phenoxy) is 1. The second-order valence-electron chi connectivity index (χ2n) is 8.94. The number of nitrogens with zero attached hydrogens (tertiary/aromatic N) is 4. The van der Waals surface area contributed by atoms with E-state index in [1.807, 2.05) is 37.3 Å². The van der Waals surface area contributed by atoms with Gasteiger partial charge in [0.05, 0.1) is 58.7 Å². The summed E-state index contributed by atoms with van der Waals surface area (Å²) in [6.45, 7) is 4.71. The molecule has 3 aromatic heterocycles. The Labute approximate surface area is 213 Å². The molecular formula is C27H27FN6O3. The SMILES string of the molecule is CCOc1cccc(Nc2cc(-c3ccc4cc(C#N)cnn34)ncc2C(=O)NC[C@@H](F)C(C)(C)O)c1. The highest BCUT2D eigenvalue weighted by molar-refractivity contribution is 6.00. The van der Waals surface area contributed by atoms with Crippen molar-refractivity contribution in [2.24, 2.45) is 0 Å². The van der Waals surface area contributed by atoms with Crippen molar-refractivity contribution in [1.29, 1.82) is 5.26 Å². The molecule has 190 valence electrons. The van der Waals surface area contributed by atoms with Gasteiger partial charge in [0, 0.05) is 18.0 Å². The monoisotopic (exact) mass is 502 g/mol. The molecule has 0 aliphatic rings. The highest BCUT2D eigenvalue weighted by Crippen LogP contribution is 2.29. The molecule has 3 heterocycles. The molecule has 0 radical (unpaired) electrons. The minimum absolute atomic E-state index is 0.189. The summed E-state index contributed by atoms with van der Waals surface area (Å²) in [4.78, 5) is 17.5. The minimum Gasteiger partial charge on any atom is -0.494 e. The molecule has 0 saturated heterocycles. The first-order chi connectivity index (χ1) is 17.7. The van der Waals surface area contributed by atoms with E-state index in [1.165, 1.54) is 26.2 Å². The molecule has 37 heavy (non-hydrogen) atoms. The van der Waals surface area contributed by atoms with Crippen LogP contribution in [0.2, 0.25) is 0 Å². The summed E-state index contributed by atoms with van der Waals surface area (Å²) in [5, 5.41) is 29.1. The van der Waals surface area contributed by atoms with Gasteiger partial charge in [0.15, 0.2) is 0 Å². The molecule has 3 N–H and O–H groups in total. The Bertz CT molecular complexity index is 1470. The third kappa shape index (κ3) is 5.85. The molecule has 0 fully saturated rings. The number of nitriles is 1. The summed E-state index contributed by atoms with van der Waals surface area (Å²) >= 11 is 0. The molecule has 1 amide bonds. The Kier molecular flexibility index (Phi) is 7.36. The number of benzene rings is 1. The van der Waals surface area contributed by atoms with Gasteiger partial charge >= 0.3 is 0 Å². The van der Waals surface area contributed by atoms with Crippen molar-refractivity contribution in [3.8, 4) is 23.2 Å². The summed E-state index contributed by atoms with van der Waals surface area (Å²) in [5.41, 5.74) is 2.04. The highest BCUT2D eigenvalue weighted by atomic mass is 19.1. The van der Waals surface area contributed by atoms with Crippen molar-refractivity contribution in [1.82, 2.24) is 19.9 Å². The third-order valence-corrected chi connectivity index (χ3v) is 5.67. The van der Waals surface area contributed by atoms with E-state index in [0.29, 0.717) is 40.7 Å². The molecule has 0 aliphatic carbocycles. The first kappa shape index (κ1) is 25.6. The van der Waals surface area contributed by atoms with Crippen LogP contribution in [0.4, 0.5) is 15.8 Å². The van der Waals surface area contributed by atoms with Crippen LogP contribution < -0.4 is 15.4 Å². The maximum atomic E-state index is 14.3. The van der Waals surface area contributed by atoms with E-state index in [4.69, 9.17) is 10.00 Å². The molecule has 10 heteroatoms. The van der Waals surface area contributed by atoms with Crippen LogP contribution in [0, 0.1) is 11.3 Å². The standard InChI is InChI=1S/C27H27FN6O3/c1-4-37-20-7-5-6-18(11-20)33-22-12-23(24-9-8-19-10-17(13-29)14-32-34(19)24)30-15-21(22)26(35)31-16-25(28)27(2,3)36/h5-12,14-15,25,36H,4,16H2,1-3H3,(H,30,33)(H,31,35)/t25-/m1/s1. The predicted molar refractivity (Wildman–Crippen MR) is 138 cm³/mol. The lowest BCUT2D eigenvalue weighted by molar-refractivity contribution is -0.00177. The van der Waals surface area contributed by atoms with Gasteiger partial charge in [-0.15, -0.1) is 0 Å². The first-order valence-corrected chi connectivity index (χ1v) is 11.7. The topological polar surface area (TPSA) is 125 Å². The van der Waals surface area contributed by atoms with E-state index < -0.39 is 17.7 Å². The minimum atomic E-state index is -1.65. The van der Waals surface area contributed by atoms with Crippen LogP contribution in [0.25, 0.3) is 16.9 Å². The van der Waals surface area contributed by atoms with Crippen molar-refractivity contribution >= 4 is 22.8 Å². The number of anilines is 2. The zero-order valence-corrected chi connectivity index (χ0v) is 20.7. The fourth-order valence-electron chi connectivity index (χ4n) is 3.65. The number of aromatic nitrogens is 3. The maximum Gasteiger partial charge on any atom is 0.255 e. The van der Waals surface area contributed by atoms with Gasteiger partial charge in [-0.05, 0) is 57.2 Å². The Balaban J connectivity index is 1.71. The molecule has 4 rings (SSSR count). The molecule has 0 unspecified atom stereocenters. The smallest absolute Gasteiger partial charge is 0.255 e. The molecular weight excluding hydrogens is 475 g/mol. The summed E-state index contributed by atoms with van der Waals surface area (Å²) in [5.74, 6) is 0.111. The highest BCUT2D eigenvalue weighted by Gasteiger charge is 2.27. The number of aliphatic hydroxyl groups is 1. The van der Waals surface area contributed by atoms with Crippen molar-refractivity contribution in [3.63, 3.8) is 0 Å². The number of hydrogen-bond donors (Lipinski definition) is 3. The van der Waals surface area contributed by atoms with Crippen LogP contribution in [-0.2, 0) is 0 Å². The Morgan fingerprint density at radius 2 is 2.05 bits per heavy atom. The summed E-state index contributed by atoms with van der Waals surface area (Å²) < 4.78 is 21.5. The molecule has 9 nitrogen and oxygen atoms in total. The molecule has 0 spiro atoms. The fourth-order valence-corrected chi connectivity index (χ4v) is 3.65. The number of rotatable bonds is 9. The second kappa shape index (κ2) is 10.6. The van der Waals surface area contributed by atoms with Gasteiger partial charge in [0.2, 0.25) is 0 Å². The van der Waals surface area contributed by atoms with E-state index in [9.17, 15) is 14.3 Å². The molecule has 0 bridgehead atoms. The molecule has 1 atom stereocenters. The van der Waals surface area contributed by atoms with Crippen LogP contribution >= 0.6 is 0 Å². The van der Waals surface area contributed by atoms with Gasteiger partial charge in [0.1, 0.15) is 18.0 Å². The van der Waals surface area contributed by atoms with Crippen molar-refractivity contribution in [2.75, 3.05) is 18.5 Å². The van der Waals surface area contributed by atoms with E-state index >= 15 is 0 Å². The van der Waals surface area contributed by atoms with Crippen molar-refractivity contribution in [3.05, 3.63) is 72.1 Å². The zero-order valence-electron chi connectivity index (χ0n) is 20.7. The molecule has 4 aromatic rings. The van der Waals surface area contributed by atoms with Crippen molar-refractivity contribution < 1.29 is 19.0 Å². The quantitative estimate of drug-likeness (QED) is 0.313. The number of fused-ring (bicyclic) bond motifs is 1. The van der Waals surface area contributed by atoms with Gasteiger partial charge in [-0.1, -0.05) is 6.07 Å². The van der Waals surface area contributed by atoms with Crippen LogP contribution in [0.1, 0.15) is 36.7 Å². The number of pyridine rings is 1. The van der Waals surface area contributed by atoms with E-state index in [0.717, 1.165) is 5.52 Å². The largest absolute Gasteiger partial charge is 0.494 e. The van der Waals surface area contributed by atoms with Crippen molar-refractivity contribution in [2.45, 2.75) is 32.5 Å². The first-order valence-electron chi connectivity index (χ1n) is 11.7. The van der Waals surface area contributed by atoms with Crippen LogP contribution in [0.5, 0.6) is 5.75 Å². The van der Waals surface area contributed by atoms with E-state index in [1.54, 1.807) is 22.7 Å². The number of carbonyl (C=O) groups is 1. The van der Waals surface area contributed by atoms with Gasteiger partial charge in [0.25, 0.3) is 5.91 Å². The number of alkyl halides is 1. The summed E-state index contributed by atoms with van der Waals surface area (Å²) in [7, 11) is 0. The predicted octanol–water partition coefficient (Wildman–Crippen LogP) is 4.25. The average Bonchev–Trinajstić information content (AvgIpc) is 3.30. The van der Waals surface area contributed by atoms with Crippen LogP contribution in [0.15, 0.2) is 60.9 Å².